The van der Waals surface area contributed by atoms with Crippen molar-refractivity contribution in [1.82, 2.24) is 14.8 Å². The van der Waals surface area contributed by atoms with Crippen molar-refractivity contribution in [2.24, 2.45) is 11.8 Å². The number of aromatic nitrogens is 1. The molecule has 3 fully saturated rings. The molecule has 0 amide bonds. The van der Waals surface area contributed by atoms with Crippen molar-refractivity contribution in [1.29, 1.82) is 0 Å². The fourth-order valence-corrected chi connectivity index (χ4v) is 10.5. The van der Waals surface area contributed by atoms with Crippen LogP contribution in [0.15, 0.2) is 101 Å². The van der Waals surface area contributed by atoms with E-state index in [0.29, 0.717) is 17.9 Å². The molecule has 3 aromatic carbocycles. The summed E-state index contributed by atoms with van der Waals surface area (Å²) in [6.45, 7) is 7.50. The standard InChI is InChI=1S/C47H60N6O3S/c1-49(2)45(44-11-8-32-57-44)37-14-12-36(13-15-37)34-43(52-28-24-50(25-29-52)38-16-20-40(54-3)21-17-38)46-48-42(33-35-9-6-5-7-10-35)47(56-46)53-30-26-51(27-31-53)39-18-22-41(55-4)23-19-39/h5-11,16-23,32,36-37,43,45H,12-15,24-31,33-34H2,1-4H3. The number of nitrogens with zero attached hydrogens (tertiary/aromatic N) is 6. The summed E-state index contributed by atoms with van der Waals surface area (Å²) in [6.07, 6.45) is 6.86. The van der Waals surface area contributed by atoms with Crippen LogP contribution in [-0.4, -0.2) is 95.5 Å². The fourth-order valence-electron chi connectivity index (χ4n) is 9.53. The molecule has 1 aliphatic carbocycles. The first-order chi connectivity index (χ1) is 27.9. The highest BCUT2D eigenvalue weighted by Crippen LogP contribution is 2.44. The van der Waals surface area contributed by atoms with E-state index in [1.165, 1.54) is 47.5 Å². The molecule has 2 atom stereocenters. The summed E-state index contributed by atoms with van der Waals surface area (Å²) in [5, 5.41) is 2.23. The molecule has 2 saturated heterocycles. The highest BCUT2D eigenvalue weighted by molar-refractivity contribution is 7.10. The summed E-state index contributed by atoms with van der Waals surface area (Å²) in [6, 6.07) is 32.9. The SMILES string of the molecule is COc1ccc(N2CCN(c3oc(C(CC4CCC(C(c5cccs5)N(C)C)CC4)N4CCN(c5ccc(OC)cc5)CC4)nc3Cc3ccccc3)CC2)cc1. The van der Waals surface area contributed by atoms with Gasteiger partial charge in [0.15, 0.2) is 0 Å². The molecule has 8 rings (SSSR count). The molecule has 9 nitrogen and oxygen atoms in total. The second-order valence-corrected chi connectivity index (χ2v) is 17.3. The van der Waals surface area contributed by atoms with Gasteiger partial charge in [0.1, 0.15) is 17.2 Å². The van der Waals surface area contributed by atoms with Crippen molar-refractivity contribution in [3.8, 4) is 11.5 Å². The number of oxazole rings is 1. The van der Waals surface area contributed by atoms with Gasteiger partial charge in [-0.1, -0.05) is 49.2 Å². The lowest BCUT2D eigenvalue weighted by Crippen LogP contribution is -2.48. The average molecular weight is 789 g/mol. The first kappa shape index (κ1) is 39.3. The minimum atomic E-state index is 0.135. The summed E-state index contributed by atoms with van der Waals surface area (Å²) in [7, 11) is 7.96. The zero-order chi connectivity index (χ0) is 39.1. The van der Waals surface area contributed by atoms with Gasteiger partial charge in [-0.25, -0.2) is 4.98 Å². The second kappa shape index (κ2) is 18.4. The Hall–Kier alpha value is -4.51. The van der Waals surface area contributed by atoms with Gasteiger partial charge in [-0.15, -0.1) is 11.3 Å². The molecule has 3 aliphatic rings. The van der Waals surface area contributed by atoms with Gasteiger partial charge >= 0.3 is 0 Å². The highest BCUT2D eigenvalue weighted by Gasteiger charge is 2.36. The lowest BCUT2D eigenvalue weighted by Gasteiger charge is -2.41. The van der Waals surface area contributed by atoms with Gasteiger partial charge in [-0.2, -0.15) is 0 Å². The van der Waals surface area contributed by atoms with Crippen molar-refractivity contribution in [3.05, 3.63) is 118 Å². The Morgan fingerprint density at radius 2 is 1.28 bits per heavy atom. The van der Waals surface area contributed by atoms with Crippen molar-refractivity contribution >= 4 is 28.6 Å². The minimum absolute atomic E-state index is 0.135. The van der Waals surface area contributed by atoms with Gasteiger partial charge in [0, 0.05) is 81.1 Å². The van der Waals surface area contributed by atoms with Crippen LogP contribution in [-0.2, 0) is 6.42 Å². The Bertz CT molecular complexity index is 1940. The summed E-state index contributed by atoms with van der Waals surface area (Å²) >= 11 is 1.91. The highest BCUT2D eigenvalue weighted by atomic mass is 32.1. The molecule has 0 bridgehead atoms. The smallest absolute Gasteiger partial charge is 0.220 e. The van der Waals surface area contributed by atoms with Crippen LogP contribution in [0, 0.1) is 11.8 Å². The molecule has 2 aromatic heterocycles. The van der Waals surface area contributed by atoms with E-state index in [1.54, 1.807) is 14.2 Å². The van der Waals surface area contributed by atoms with Crippen LogP contribution < -0.4 is 24.2 Å². The van der Waals surface area contributed by atoms with Crippen molar-refractivity contribution in [3.63, 3.8) is 0 Å². The molecular formula is C47H60N6O3S. The Morgan fingerprint density at radius 3 is 1.82 bits per heavy atom. The van der Waals surface area contributed by atoms with Gasteiger partial charge in [0.25, 0.3) is 0 Å². The van der Waals surface area contributed by atoms with E-state index >= 15 is 0 Å². The van der Waals surface area contributed by atoms with Crippen LogP contribution in [0.5, 0.6) is 11.5 Å². The van der Waals surface area contributed by atoms with E-state index in [9.17, 15) is 0 Å². The summed E-state index contributed by atoms with van der Waals surface area (Å²) in [4.78, 5) is 19.6. The number of thiophene rings is 1. The summed E-state index contributed by atoms with van der Waals surface area (Å²) < 4.78 is 18.0. The number of hydrogen-bond donors (Lipinski definition) is 0. The average Bonchev–Trinajstić information content (AvgIpc) is 3.95. The first-order valence-electron chi connectivity index (χ1n) is 21.0. The minimum Gasteiger partial charge on any atom is -0.497 e. The van der Waals surface area contributed by atoms with Crippen LogP contribution in [0.25, 0.3) is 0 Å². The molecule has 10 heteroatoms. The van der Waals surface area contributed by atoms with Crippen LogP contribution >= 0.6 is 11.3 Å². The van der Waals surface area contributed by atoms with Crippen LogP contribution in [0.4, 0.5) is 17.3 Å². The Morgan fingerprint density at radius 1 is 0.702 bits per heavy atom. The van der Waals surface area contributed by atoms with Gasteiger partial charge in [-0.05, 0) is 111 Å². The fraction of sp³-hybridized carbons (Fsp3) is 0.468. The normalized spacial score (nSPS) is 20.5. The lowest BCUT2D eigenvalue weighted by atomic mass is 9.75. The van der Waals surface area contributed by atoms with Crippen LogP contribution in [0.2, 0.25) is 0 Å². The third kappa shape index (κ3) is 9.29. The van der Waals surface area contributed by atoms with Gasteiger partial charge in [0.2, 0.25) is 11.8 Å². The molecule has 4 heterocycles. The van der Waals surface area contributed by atoms with Crippen molar-refractivity contribution in [2.75, 3.05) is 95.4 Å². The molecule has 0 spiro atoms. The van der Waals surface area contributed by atoms with Gasteiger partial charge in [-0.3, -0.25) is 4.90 Å². The molecule has 5 aromatic rings. The molecule has 0 N–H and O–H groups in total. The third-order valence-corrected chi connectivity index (χ3v) is 13.6. The third-order valence-electron chi connectivity index (χ3n) is 12.7. The number of rotatable bonds is 14. The number of anilines is 3. The van der Waals surface area contributed by atoms with Crippen molar-refractivity contribution in [2.45, 2.75) is 50.6 Å². The van der Waals surface area contributed by atoms with Crippen molar-refractivity contribution < 1.29 is 13.9 Å². The van der Waals surface area contributed by atoms with E-state index in [2.05, 4.69) is 135 Å². The number of hydrogen-bond acceptors (Lipinski definition) is 10. The maximum Gasteiger partial charge on any atom is 0.220 e. The first-order valence-corrected chi connectivity index (χ1v) is 21.8. The molecule has 302 valence electrons. The van der Waals surface area contributed by atoms with Crippen LogP contribution in [0.1, 0.15) is 66.2 Å². The van der Waals surface area contributed by atoms with Gasteiger partial charge < -0.3 is 33.5 Å². The number of piperazine rings is 2. The Kier molecular flexibility index (Phi) is 12.7. The molecule has 2 unspecified atom stereocenters. The Labute approximate surface area is 343 Å². The van der Waals surface area contributed by atoms with Crippen LogP contribution in [0.3, 0.4) is 0 Å². The largest absolute Gasteiger partial charge is 0.497 e. The monoisotopic (exact) mass is 788 g/mol. The zero-order valence-corrected chi connectivity index (χ0v) is 35.1. The Balaban J connectivity index is 1.04. The predicted molar refractivity (Wildman–Crippen MR) is 234 cm³/mol. The number of ether oxygens (including phenoxy) is 2. The molecule has 0 radical (unpaired) electrons. The zero-order valence-electron chi connectivity index (χ0n) is 34.3. The molecule has 57 heavy (non-hydrogen) atoms. The molecular weight excluding hydrogens is 729 g/mol. The lowest BCUT2D eigenvalue weighted by molar-refractivity contribution is 0.104. The number of methoxy groups -OCH3 is 2. The molecule has 1 saturated carbocycles. The summed E-state index contributed by atoms with van der Waals surface area (Å²) in [5.41, 5.74) is 4.81. The maximum atomic E-state index is 7.14. The molecule has 2 aliphatic heterocycles. The van der Waals surface area contributed by atoms with E-state index in [4.69, 9.17) is 18.9 Å². The quantitative estimate of drug-likeness (QED) is 0.110. The van der Waals surface area contributed by atoms with E-state index in [-0.39, 0.29) is 6.04 Å². The van der Waals surface area contributed by atoms with Gasteiger partial charge in [0.05, 0.1) is 20.3 Å². The van der Waals surface area contributed by atoms with E-state index < -0.39 is 0 Å². The predicted octanol–water partition coefficient (Wildman–Crippen LogP) is 9.03. The van der Waals surface area contributed by atoms with E-state index in [0.717, 1.165) is 94.2 Å². The summed E-state index contributed by atoms with van der Waals surface area (Å²) in [5.74, 6) is 4.96. The topological polar surface area (TPSA) is 60.7 Å². The van der Waals surface area contributed by atoms with E-state index in [1.807, 2.05) is 11.3 Å². The second-order valence-electron chi connectivity index (χ2n) is 16.3. The number of benzene rings is 3. The maximum absolute atomic E-state index is 7.14.